The molecule has 6 nitrogen and oxygen atoms in total. The minimum Gasteiger partial charge on any atom is -0.496 e. The average Bonchev–Trinajstić information content (AvgIpc) is 3.25. The number of halogens is 1. The normalized spacial score (nSPS) is 12.3. The molecule has 1 unspecified atom stereocenters. The SMILES string of the molecule is COc1ccc(C(=O)NC(Cn2cccn2)C(C)(C)C)cc1COc1ccc(Cl)cc1. The van der Waals surface area contributed by atoms with E-state index in [1.54, 1.807) is 55.8 Å². The molecular weight excluding hydrogens is 414 g/mol. The fourth-order valence-electron chi connectivity index (χ4n) is 3.10. The molecule has 3 aromatic rings. The lowest BCUT2D eigenvalue weighted by Gasteiger charge is -2.31. The van der Waals surface area contributed by atoms with Gasteiger partial charge in [-0.2, -0.15) is 5.10 Å². The number of methoxy groups -OCH3 is 1. The van der Waals surface area contributed by atoms with Crippen LogP contribution in [0.2, 0.25) is 5.02 Å². The molecule has 1 heterocycles. The van der Waals surface area contributed by atoms with Crippen molar-refractivity contribution in [3.8, 4) is 11.5 Å². The van der Waals surface area contributed by atoms with Gasteiger partial charge >= 0.3 is 0 Å². The van der Waals surface area contributed by atoms with Crippen LogP contribution in [-0.4, -0.2) is 28.8 Å². The molecule has 2 aromatic carbocycles. The number of rotatable bonds is 8. The summed E-state index contributed by atoms with van der Waals surface area (Å²) < 4.78 is 13.1. The van der Waals surface area contributed by atoms with E-state index in [0.29, 0.717) is 28.6 Å². The van der Waals surface area contributed by atoms with Crippen LogP contribution in [0.1, 0.15) is 36.7 Å². The lowest BCUT2D eigenvalue weighted by molar-refractivity contribution is 0.0890. The first-order valence-electron chi connectivity index (χ1n) is 10.1. The lowest BCUT2D eigenvalue weighted by atomic mass is 9.86. The van der Waals surface area contributed by atoms with Gasteiger partial charge < -0.3 is 14.8 Å². The fourth-order valence-corrected chi connectivity index (χ4v) is 3.22. The van der Waals surface area contributed by atoms with E-state index in [1.165, 1.54) is 0 Å². The molecule has 0 fully saturated rings. The molecule has 1 N–H and O–H groups in total. The Bertz CT molecular complexity index is 996. The summed E-state index contributed by atoms with van der Waals surface area (Å²) in [6.07, 6.45) is 3.63. The molecule has 0 radical (unpaired) electrons. The second kappa shape index (κ2) is 9.88. The second-order valence-corrected chi connectivity index (χ2v) is 8.83. The Morgan fingerprint density at radius 3 is 2.55 bits per heavy atom. The molecule has 1 amide bonds. The van der Waals surface area contributed by atoms with Crippen molar-refractivity contribution in [1.29, 1.82) is 0 Å². The smallest absolute Gasteiger partial charge is 0.251 e. The Hall–Kier alpha value is -2.99. The number of carbonyl (C=O) groups is 1. The molecule has 3 rings (SSSR count). The Balaban J connectivity index is 1.75. The zero-order chi connectivity index (χ0) is 22.4. The highest BCUT2D eigenvalue weighted by molar-refractivity contribution is 6.30. The van der Waals surface area contributed by atoms with Crippen LogP contribution >= 0.6 is 11.6 Å². The Labute approximate surface area is 188 Å². The first-order chi connectivity index (χ1) is 14.8. The van der Waals surface area contributed by atoms with E-state index in [1.807, 2.05) is 16.9 Å². The van der Waals surface area contributed by atoms with Crippen LogP contribution in [0.4, 0.5) is 0 Å². The first kappa shape index (κ1) is 22.7. The Morgan fingerprint density at radius 2 is 1.94 bits per heavy atom. The zero-order valence-corrected chi connectivity index (χ0v) is 19.0. The summed E-state index contributed by atoms with van der Waals surface area (Å²) in [6, 6.07) is 14.3. The molecule has 164 valence electrons. The topological polar surface area (TPSA) is 65.4 Å². The summed E-state index contributed by atoms with van der Waals surface area (Å²) in [7, 11) is 1.60. The van der Waals surface area contributed by atoms with Crippen molar-refractivity contribution < 1.29 is 14.3 Å². The van der Waals surface area contributed by atoms with E-state index in [-0.39, 0.29) is 24.0 Å². The van der Waals surface area contributed by atoms with Gasteiger partial charge in [0.2, 0.25) is 0 Å². The molecular formula is C24H28ClN3O3. The van der Waals surface area contributed by atoms with Crippen molar-refractivity contribution in [3.63, 3.8) is 0 Å². The van der Waals surface area contributed by atoms with Gasteiger partial charge in [0, 0.05) is 28.5 Å². The van der Waals surface area contributed by atoms with Gasteiger partial charge in [0.05, 0.1) is 19.7 Å². The Kier molecular flexibility index (Phi) is 7.23. The van der Waals surface area contributed by atoms with Crippen molar-refractivity contribution in [2.24, 2.45) is 5.41 Å². The molecule has 0 aliphatic rings. The number of benzene rings is 2. The molecule has 0 bridgehead atoms. The van der Waals surface area contributed by atoms with Crippen LogP contribution in [0.5, 0.6) is 11.5 Å². The van der Waals surface area contributed by atoms with E-state index in [9.17, 15) is 4.79 Å². The van der Waals surface area contributed by atoms with Crippen molar-refractivity contribution in [3.05, 3.63) is 77.1 Å². The average molecular weight is 442 g/mol. The van der Waals surface area contributed by atoms with Gasteiger partial charge in [-0.05, 0) is 53.9 Å². The number of carbonyl (C=O) groups excluding carboxylic acids is 1. The Morgan fingerprint density at radius 1 is 1.19 bits per heavy atom. The molecule has 0 spiro atoms. The number of hydrogen-bond donors (Lipinski definition) is 1. The van der Waals surface area contributed by atoms with Crippen LogP contribution in [0, 0.1) is 5.41 Å². The van der Waals surface area contributed by atoms with Crippen LogP contribution < -0.4 is 14.8 Å². The summed E-state index contributed by atoms with van der Waals surface area (Å²) in [6.45, 7) is 7.15. The van der Waals surface area contributed by atoms with Gasteiger partial charge in [-0.25, -0.2) is 0 Å². The maximum Gasteiger partial charge on any atom is 0.251 e. The molecule has 1 atom stereocenters. The van der Waals surface area contributed by atoms with E-state index in [4.69, 9.17) is 21.1 Å². The second-order valence-electron chi connectivity index (χ2n) is 8.39. The third-order valence-corrected chi connectivity index (χ3v) is 5.28. The highest BCUT2D eigenvalue weighted by Gasteiger charge is 2.27. The number of ether oxygens (including phenoxy) is 2. The molecule has 7 heteroatoms. The van der Waals surface area contributed by atoms with E-state index in [2.05, 4.69) is 31.2 Å². The van der Waals surface area contributed by atoms with Crippen molar-refractivity contribution in [1.82, 2.24) is 15.1 Å². The minimum absolute atomic E-state index is 0.101. The number of amides is 1. The highest BCUT2D eigenvalue weighted by Crippen LogP contribution is 2.25. The number of nitrogens with one attached hydrogen (secondary N) is 1. The predicted octanol–water partition coefficient (Wildman–Crippen LogP) is 4.97. The number of aromatic nitrogens is 2. The molecule has 1 aromatic heterocycles. The summed E-state index contributed by atoms with van der Waals surface area (Å²) in [5.74, 6) is 1.20. The van der Waals surface area contributed by atoms with Gasteiger partial charge in [0.1, 0.15) is 18.1 Å². The molecule has 0 aliphatic carbocycles. The number of nitrogens with zero attached hydrogens (tertiary/aromatic N) is 2. The highest BCUT2D eigenvalue weighted by atomic mass is 35.5. The summed E-state index contributed by atoms with van der Waals surface area (Å²) in [4.78, 5) is 13.1. The zero-order valence-electron chi connectivity index (χ0n) is 18.3. The van der Waals surface area contributed by atoms with E-state index >= 15 is 0 Å². The monoisotopic (exact) mass is 441 g/mol. The quantitative estimate of drug-likeness (QED) is 0.536. The van der Waals surface area contributed by atoms with Crippen molar-refractivity contribution >= 4 is 17.5 Å². The van der Waals surface area contributed by atoms with Crippen molar-refractivity contribution in [2.45, 2.75) is 40.0 Å². The molecule has 0 saturated carbocycles. The van der Waals surface area contributed by atoms with Gasteiger partial charge in [0.15, 0.2) is 0 Å². The van der Waals surface area contributed by atoms with Crippen LogP contribution in [0.25, 0.3) is 0 Å². The fraction of sp³-hybridized carbons (Fsp3) is 0.333. The van der Waals surface area contributed by atoms with Crippen molar-refractivity contribution in [2.75, 3.05) is 7.11 Å². The summed E-state index contributed by atoms with van der Waals surface area (Å²) in [5.41, 5.74) is 1.18. The van der Waals surface area contributed by atoms with Crippen LogP contribution in [0.3, 0.4) is 0 Å². The largest absolute Gasteiger partial charge is 0.496 e. The maximum absolute atomic E-state index is 13.1. The summed E-state index contributed by atoms with van der Waals surface area (Å²) in [5, 5.41) is 8.07. The van der Waals surface area contributed by atoms with Gasteiger partial charge in [0.25, 0.3) is 5.91 Å². The number of hydrogen-bond acceptors (Lipinski definition) is 4. The molecule has 31 heavy (non-hydrogen) atoms. The lowest BCUT2D eigenvalue weighted by Crippen LogP contribution is -2.46. The van der Waals surface area contributed by atoms with Gasteiger partial charge in [-0.1, -0.05) is 32.4 Å². The van der Waals surface area contributed by atoms with Crippen LogP contribution in [-0.2, 0) is 13.2 Å². The molecule has 0 aliphatic heterocycles. The van der Waals surface area contributed by atoms with E-state index < -0.39 is 0 Å². The standard InChI is InChI=1S/C24H28ClN3O3/c1-24(2,3)22(15-28-13-5-12-26-28)27-23(29)17-6-11-21(30-4)18(14-17)16-31-20-9-7-19(25)8-10-20/h5-14,22H,15-16H2,1-4H3,(H,27,29). The maximum atomic E-state index is 13.1. The predicted molar refractivity (Wildman–Crippen MR) is 122 cm³/mol. The van der Waals surface area contributed by atoms with E-state index in [0.717, 1.165) is 5.56 Å². The molecule has 0 saturated heterocycles. The van der Waals surface area contributed by atoms with Gasteiger partial charge in [-0.3, -0.25) is 9.48 Å². The van der Waals surface area contributed by atoms with Gasteiger partial charge in [-0.15, -0.1) is 0 Å². The third kappa shape index (κ3) is 6.25. The summed E-state index contributed by atoms with van der Waals surface area (Å²) >= 11 is 5.92. The first-order valence-corrected chi connectivity index (χ1v) is 10.5. The third-order valence-electron chi connectivity index (χ3n) is 5.03. The van der Waals surface area contributed by atoms with Crippen LogP contribution in [0.15, 0.2) is 60.9 Å². The minimum atomic E-state index is -0.150.